The molecule has 0 saturated carbocycles. The summed E-state index contributed by atoms with van der Waals surface area (Å²) >= 11 is 1.19. The highest BCUT2D eigenvalue weighted by Crippen LogP contribution is 2.37. The van der Waals surface area contributed by atoms with Crippen molar-refractivity contribution < 1.29 is 23.8 Å². The Balaban J connectivity index is 2.12. The summed E-state index contributed by atoms with van der Waals surface area (Å²) < 4.78 is 23.9. The van der Waals surface area contributed by atoms with Crippen LogP contribution in [0, 0.1) is 12.7 Å². The first-order valence-electron chi connectivity index (χ1n) is 7.59. The number of methoxy groups -OCH3 is 1. The van der Waals surface area contributed by atoms with E-state index in [1.165, 1.54) is 36.6 Å². The van der Waals surface area contributed by atoms with Gasteiger partial charge in [-0.2, -0.15) is 0 Å². The molecule has 7 heteroatoms. The number of hydrogen-bond acceptors (Lipinski definition) is 6. The number of fused-ring (bicyclic) bond motifs is 1. The first-order valence-corrected chi connectivity index (χ1v) is 8.41. The van der Waals surface area contributed by atoms with Crippen LogP contribution in [-0.4, -0.2) is 29.8 Å². The normalized spacial score (nSPS) is 10.9. The molecule has 0 unspecified atom stereocenters. The zero-order chi connectivity index (χ0) is 18.1. The molecule has 0 aliphatic rings. The average molecular weight is 361 g/mol. The lowest BCUT2D eigenvalue weighted by atomic mass is 10.1. The fraction of sp³-hybridized carbons (Fsp3) is 0.222. The monoisotopic (exact) mass is 361 g/mol. The fourth-order valence-electron chi connectivity index (χ4n) is 2.53. The number of halogens is 1. The van der Waals surface area contributed by atoms with Crippen molar-refractivity contribution in [2.24, 2.45) is 0 Å². The Morgan fingerprint density at radius 2 is 2.08 bits per heavy atom. The first-order chi connectivity index (χ1) is 11.9. The van der Waals surface area contributed by atoms with E-state index in [-0.39, 0.29) is 18.1 Å². The van der Waals surface area contributed by atoms with Crippen LogP contribution in [0.25, 0.3) is 21.3 Å². The molecule has 0 saturated heterocycles. The number of phenols is 1. The Bertz CT molecular complexity index is 967. The van der Waals surface area contributed by atoms with Gasteiger partial charge in [0.15, 0.2) is 11.6 Å². The van der Waals surface area contributed by atoms with Gasteiger partial charge in [-0.15, -0.1) is 11.3 Å². The minimum atomic E-state index is -0.548. The van der Waals surface area contributed by atoms with Crippen molar-refractivity contribution in [3.8, 4) is 22.1 Å². The van der Waals surface area contributed by atoms with E-state index < -0.39 is 11.8 Å². The SMILES string of the molecule is CCOC(=O)c1sc(-c2cc(O)c3cc(F)c(OC)cc3c2)nc1C. The van der Waals surface area contributed by atoms with E-state index in [0.717, 1.165) is 0 Å². The average Bonchev–Trinajstić information content (AvgIpc) is 2.97. The summed E-state index contributed by atoms with van der Waals surface area (Å²) in [6.45, 7) is 3.75. The zero-order valence-electron chi connectivity index (χ0n) is 13.9. The number of esters is 1. The highest BCUT2D eigenvalue weighted by molar-refractivity contribution is 7.17. The molecule has 0 fully saturated rings. The molecule has 25 heavy (non-hydrogen) atoms. The van der Waals surface area contributed by atoms with Crippen LogP contribution in [0.15, 0.2) is 24.3 Å². The summed E-state index contributed by atoms with van der Waals surface area (Å²) in [4.78, 5) is 16.8. The molecule has 0 radical (unpaired) electrons. The fourth-order valence-corrected chi connectivity index (χ4v) is 3.48. The smallest absolute Gasteiger partial charge is 0.350 e. The third-order valence-electron chi connectivity index (χ3n) is 3.71. The molecule has 0 spiro atoms. The molecule has 3 rings (SSSR count). The molecule has 0 amide bonds. The number of aryl methyl sites for hydroxylation is 1. The van der Waals surface area contributed by atoms with Gasteiger partial charge < -0.3 is 14.6 Å². The van der Waals surface area contributed by atoms with Crippen molar-refractivity contribution in [2.45, 2.75) is 13.8 Å². The van der Waals surface area contributed by atoms with Crippen LogP contribution < -0.4 is 4.74 Å². The van der Waals surface area contributed by atoms with Crippen LogP contribution in [-0.2, 0) is 4.74 Å². The number of phenolic OH excluding ortho intramolecular Hbond substituents is 1. The highest BCUT2D eigenvalue weighted by Gasteiger charge is 2.18. The number of ether oxygens (including phenoxy) is 2. The molecule has 3 aromatic rings. The maximum absolute atomic E-state index is 13.8. The predicted octanol–water partition coefficient (Wildman–Crippen LogP) is 4.30. The van der Waals surface area contributed by atoms with E-state index in [4.69, 9.17) is 9.47 Å². The second-order valence-electron chi connectivity index (χ2n) is 5.36. The van der Waals surface area contributed by atoms with Crippen LogP contribution >= 0.6 is 11.3 Å². The Morgan fingerprint density at radius 1 is 1.32 bits per heavy atom. The lowest BCUT2D eigenvalue weighted by Gasteiger charge is -2.08. The van der Waals surface area contributed by atoms with Crippen molar-refractivity contribution in [1.82, 2.24) is 4.98 Å². The third-order valence-corrected chi connectivity index (χ3v) is 4.89. The first kappa shape index (κ1) is 17.2. The van der Waals surface area contributed by atoms with Crippen LogP contribution in [0.3, 0.4) is 0 Å². The minimum absolute atomic E-state index is 0.0698. The molecule has 0 atom stereocenters. The highest BCUT2D eigenvalue weighted by atomic mass is 32.1. The van der Waals surface area contributed by atoms with E-state index >= 15 is 0 Å². The zero-order valence-corrected chi connectivity index (χ0v) is 14.7. The predicted molar refractivity (Wildman–Crippen MR) is 93.9 cm³/mol. The molecule has 0 aliphatic carbocycles. The Labute approximate surface area is 147 Å². The number of aromatic hydroxyl groups is 1. The Hall–Kier alpha value is -2.67. The molecule has 130 valence electrons. The van der Waals surface area contributed by atoms with E-state index in [0.29, 0.717) is 31.9 Å². The molecule has 0 aliphatic heterocycles. The molecule has 1 N–H and O–H groups in total. The second-order valence-corrected chi connectivity index (χ2v) is 6.36. The molecule has 1 heterocycles. The number of rotatable bonds is 4. The van der Waals surface area contributed by atoms with Crippen LogP contribution in [0.1, 0.15) is 22.3 Å². The van der Waals surface area contributed by atoms with Crippen LogP contribution in [0.2, 0.25) is 0 Å². The summed E-state index contributed by atoms with van der Waals surface area (Å²) in [5.41, 5.74) is 1.19. The van der Waals surface area contributed by atoms with E-state index in [1.54, 1.807) is 19.9 Å². The largest absolute Gasteiger partial charge is 0.507 e. The third kappa shape index (κ3) is 3.15. The van der Waals surface area contributed by atoms with Crippen molar-refractivity contribution in [1.29, 1.82) is 0 Å². The summed E-state index contributed by atoms with van der Waals surface area (Å²) in [5.74, 6) is -0.948. The number of nitrogens with zero attached hydrogens (tertiary/aromatic N) is 1. The van der Waals surface area contributed by atoms with Crippen molar-refractivity contribution in [2.75, 3.05) is 13.7 Å². The van der Waals surface area contributed by atoms with Gasteiger partial charge in [0.25, 0.3) is 0 Å². The van der Waals surface area contributed by atoms with Gasteiger partial charge in [0.1, 0.15) is 15.6 Å². The lowest BCUT2D eigenvalue weighted by Crippen LogP contribution is -2.03. The maximum atomic E-state index is 13.8. The van der Waals surface area contributed by atoms with Crippen molar-refractivity contribution in [3.05, 3.63) is 40.7 Å². The summed E-state index contributed by atoms with van der Waals surface area (Å²) in [5, 5.41) is 11.8. The van der Waals surface area contributed by atoms with Gasteiger partial charge in [0, 0.05) is 10.9 Å². The maximum Gasteiger partial charge on any atom is 0.350 e. The van der Waals surface area contributed by atoms with E-state index in [1.807, 2.05) is 0 Å². The van der Waals surface area contributed by atoms with Gasteiger partial charge in [-0.1, -0.05) is 0 Å². The van der Waals surface area contributed by atoms with Gasteiger partial charge in [-0.05, 0) is 43.5 Å². The molecule has 5 nitrogen and oxygen atoms in total. The minimum Gasteiger partial charge on any atom is -0.507 e. The summed E-state index contributed by atoms with van der Waals surface area (Å²) in [7, 11) is 1.38. The number of hydrogen-bond donors (Lipinski definition) is 1. The lowest BCUT2D eigenvalue weighted by molar-refractivity contribution is 0.0531. The van der Waals surface area contributed by atoms with Gasteiger partial charge in [-0.25, -0.2) is 14.2 Å². The second kappa shape index (κ2) is 6.68. The molecular formula is C18H16FNO4S. The van der Waals surface area contributed by atoms with Crippen molar-refractivity contribution in [3.63, 3.8) is 0 Å². The molecule has 1 aromatic heterocycles. The molecular weight excluding hydrogens is 345 g/mol. The number of thiazole rings is 1. The Morgan fingerprint density at radius 3 is 2.76 bits per heavy atom. The number of carbonyl (C=O) groups excluding carboxylic acids is 1. The van der Waals surface area contributed by atoms with E-state index in [2.05, 4.69) is 4.98 Å². The van der Waals surface area contributed by atoms with Gasteiger partial charge in [-0.3, -0.25) is 0 Å². The van der Waals surface area contributed by atoms with Crippen molar-refractivity contribution >= 4 is 28.1 Å². The number of aromatic nitrogens is 1. The van der Waals surface area contributed by atoms with Crippen LogP contribution in [0.4, 0.5) is 4.39 Å². The topological polar surface area (TPSA) is 68.7 Å². The standard InChI is InChI=1S/C18H16FNO4S/c1-4-24-18(22)16-9(2)20-17(25-16)11-5-10-7-15(23-3)13(19)8-12(10)14(21)6-11/h5-8,21H,4H2,1-3H3. The number of carbonyl (C=O) groups is 1. The van der Waals surface area contributed by atoms with E-state index in [9.17, 15) is 14.3 Å². The molecule has 2 aromatic carbocycles. The van der Waals surface area contributed by atoms with Gasteiger partial charge in [0.05, 0.1) is 19.4 Å². The van der Waals surface area contributed by atoms with Crippen LogP contribution in [0.5, 0.6) is 11.5 Å². The van der Waals surface area contributed by atoms with Gasteiger partial charge in [0.2, 0.25) is 0 Å². The summed E-state index contributed by atoms with van der Waals surface area (Å²) in [6, 6.07) is 6.01. The quantitative estimate of drug-likeness (QED) is 0.702. The Kier molecular flexibility index (Phi) is 4.59. The van der Waals surface area contributed by atoms with Gasteiger partial charge >= 0.3 is 5.97 Å². The number of benzene rings is 2. The summed E-state index contributed by atoms with van der Waals surface area (Å²) in [6.07, 6.45) is 0. The molecule has 0 bridgehead atoms.